The Morgan fingerprint density at radius 3 is 2.67 bits per heavy atom. The average molecular weight is 419 g/mol. The Morgan fingerprint density at radius 2 is 1.93 bits per heavy atom. The van der Waals surface area contributed by atoms with Gasteiger partial charge in [-0.3, -0.25) is 14.0 Å². The highest BCUT2D eigenvalue weighted by molar-refractivity contribution is 8.01. The maximum absolute atomic E-state index is 12.9. The quantitative estimate of drug-likeness (QED) is 0.425. The number of anilines is 1. The lowest BCUT2D eigenvalue weighted by atomic mass is 10.1. The number of hydrogen-bond acceptors (Lipinski definition) is 8. The Balaban J connectivity index is 1.43. The van der Waals surface area contributed by atoms with E-state index in [1.165, 1.54) is 23.0 Å². The standard InChI is InChI=1S/C21H13N3O5S/c22-10-12-5-7-13(8-6-12)23-11-16(24-17(25)9-18(24)30-23)20(27)29-21-15-4-2-1-3-14(15)19(26)28-21/h1-8,11,18,21H,9H2/t18-,21?/m1/s1. The Labute approximate surface area is 175 Å². The highest BCUT2D eigenvalue weighted by Crippen LogP contribution is 2.43. The number of esters is 2. The van der Waals surface area contributed by atoms with E-state index < -0.39 is 18.2 Å². The third-order valence-electron chi connectivity index (χ3n) is 4.96. The summed E-state index contributed by atoms with van der Waals surface area (Å²) >= 11 is 1.39. The minimum atomic E-state index is -1.16. The first-order valence-corrected chi connectivity index (χ1v) is 9.90. The summed E-state index contributed by atoms with van der Waals surface area (Å²) in [5, 5.41) is 8.73. The van der Waals surface area contributed by atoms with E-state index in [1.54, 1.807) is 52.8 Å². The van der Waals surface area contributed by atoms with E-state index >= 15 is 0 Å². The summed E-state index contributed by atoms with van der Waals surface area (Å²) in [6, 6.07) is 15.6. The molecular weight excluding hydrogens is 406 g/mol. The van der Waals surface area contributed by atoms with Crippen molar-refractivity contribution in [2.24, 2.45) is 0 Å². The number of nitrogens with zero attached hydrogens (tertiary/aromatic N) is 3. The summed E-state index contributed by atoms with van der Waals surface area (Å²) in [6.07, 6.45) is 0.656. The van der Waals surface area contributed by atoms with E-state index in [0.717, 1.165) is 5.69 Å². The highest BCUT2D eigenvalue weighted by Gasteiger charge is 2.47. The molecule has 5 rings (SSSR count). The SMILES string of the molecule is N#Cc1ccc(N2C=C(C(=O)OC3OC(=O)c4ccccc43)N3C(=O)C[C@H]3S2)cc1. The summed E-state index contributed by atoms with van der Waals surface area (Å²) in [5.41, 5.74) is 2.16. The van der Waals surface area contributed by atoms with Crippen LogP contribution in [0.2, 0.25) is 0 Å². The number of β-lactam (4-membered cyclic amide) rings is 1. The number of nitriles is 1. The van der Waals surface area contributed by atoms with Crippen molar-refractivity contribution in [2.45, 2.75) is 18.1 Å². The summed E-state index contributed by atoms with van der Waals surface area (Å²) in [7, 11) is 0. The minimum Gasteiger partial charge on any atom is -0.417 e. The minimum absolute atomic E-state index is 0.0692. The fourth-order valence-corrected chi connectivity index (χ4v) is 4.63. The van der Waals surface area contributed by atoms with Gasteiger partial charge in [0.05, 0.1) is 29.3 Å². The number of carbonyl (C=O) groups is 3. The predicted octanol–water partition coefficient (Wildman–Crippen LogP) is 2.84. The molecule has 9 heteroatoms. The molecule has 1 fully saturated rings. The van der Waals surface area contributed by atoms with Crippen LogP contribution in [0.1, 0.15) is 34.2 Å². The summed E-state index contributed by atoms with van der Waals surface area (Å²) in [5.74, 6) is -1.51. The zero-order valence-corrected chi connectivity index (χ0v) is 16.2. The number of fused-ring (bicyclic) bond motifs is 2. The number of rotatable bonds is 3. The topological polar surface area (TPSA) is 99.9 Å². The van der Waals surface area contributed by atoms with Gasteiger partial charge in [-0.1, -0.05) is 18.2 Å². The van der Waals surface area contributed by atoms with Crippen molar-refractivity contribution in [1.82, 2.24) is 4.90 Å². The second kappa shape index (κ2) is 6.93. The molecule has 0 aliphatic carbocycles. The highest BCUT2D eigenvalue weighted by atomic mass is 32.2. The fraction of sp³-hybridized carbons (Fsp3) is 0.143. The van der Waals surface area contributed by atoms with Crippen LogP contribution in [0.25, 0.3) is 0 Å². The molecule has 3 aliphatic heterocycles. The fourth-order valence-electron chi connectivity index (χ4n) is 3.42. The van der Waals surface area contributed by atoms with E-state index in [1.807, 2.05) is 0 Å². The molecule has 3 heterocycles. The lowest BCUT2D eigenvalue weighted by molar-refractivity contribution is -0.167. The van der Waals surface area contributed by atoms with E-state index in [4.69, 9.17) is 14.7 Å². The van der Waals surface area contributed by atoms with Gasteiger partial charge in [-0.25, -0.2) is 9.59 Å². The number of amides is 1. The molecule has 148 valence electrons. The van der Waals surface area contributed by atoms with Gasteiger partial charge in [0.25, 0.3) is 6.29 Å². The van der Waals surface area contributed by atoms with Crippen LogP contribution in [0.15, 0.2) is 60.4 Å². The van der Waals surface area contributed by atoms with Gasteiger partial charge in [-0.2, -0.15) is 5.26 Å². The zero-order chi connectivity index (χ0) is 20.8. The molecular formula is C21H13N3O5S. The van der Waals surface area contributed by atoms with Crippen molar-refractivity contribution in [2.75, 3.05) is 4.31 Å². The van der Waals surface area contributed by atoms with Gasteiger partial charge < -0.3 is 9.47 Å². The second-order valence-electron chi connectivity index (χ2n) is 6.76. The van der Waals surface area contributed by atoms with E-state index in [2.05, 4.69) is 6.07 Å². The van der Waals surface area contributed by atoms with Crippen LogP contribution in [0.4, 0.5) is 5.69 Å². The number of carbonyl (C=O) groups excluding carboxylic acids is 3. The van der Waals surface area contributed by atoms with Crippen LogP contribution in [0, 0.1) is 11.3 Å². The van der Waals surface area contributed by atoms with Crippen LogP contribution >= 0.6 is 11.9 Å². The Bertz CT molecular complexity index is 1150. The van der Waals surface area contributed by atoms with Gasteiger partial charge in [-0.15, -0.1) is 0 Å². The van der Waals surface area contributed by atoms with Crippen molar-refractivity contribution in [3.63, 3.8) is 0 Å². The number of cyclic esters (lactones) is 1. The first-order valence-electron chi connectivity index (χ1n) is 9.06. The summed E-state index contributed by atoms with van der Waals surface area (Å²) < 4.78 is 12.4. The summed E-state index contributed by atoms with van der Waals surface area (Å²) in [6.45, 7) is 0. The van der Waals surface area contributed by atoms with Gasteiger partial charge >= 0.3 is 11.9 Å². The van der Waals surface area contributed by atoms with E-state index in [9.17, 15) is 14.4 Å². The third kappa shape index (κ3) is 2.89. The molecule has 0 radical (unpaired) electrons. The molecule has 3 aliphatic rings. The normalized spacial score (nSPS) is 21.6. The molecule has 0 saturated carbocycles. The predicted molar refractivity (Wildman–Crippen MR) is 105 cm³/mol. The molecule has 30 heavy (non-hydrogen) atoms. The number of benzene rings is 2. The van der Waals surface area contributed by atoms with Crippen molar-refractivity contribution < 1.29 is 23.9 Å². The van der Waals surface area contributed by atoms with Crippen LogP contribution in [-0.4, -0.2) is 28.1 Å². The monoisotopic (exact) mass is 419 g/mol. The molecule has 0 N–H and O–H groups in total. The molecule has 0 spiro atoms. The van der Waals surface area contributed by atoms with Crippen LogP contribution < -0.4 is 4.31 Å². The second-order valence-corrected chi connectivity index (χ2v) is 7.90. The number of hydrogen-bond donors (Lipinski definition) is 0. The Hall–Kier alpha value is -3.77. The van der Waals surface area contributed by atoms with Gasteiger partial charge in [0.2, 0.25) is 5.91 Å². The van der Waals surface area contributed by atoms with Crippen LogP contribution in [0.5, 0.6) is 0 Å². The largest absolute Gasteiger partial charge is 0.417 e. The average Bonchev–Trinajstić information content (AvgIpc) is 3.07. The summed E-state index contributed by atoms with van der Waals surface area (Å²) in [4.78, 5) is 38.4. The van der Waals surface area contributed by atoms with Gasteiger partial charge in [0, 0.05) is 11.8 Å². The first-order chi connectivity index (χ1) is 14.5. The molecule has 1 amide bonds. The molecule has 2 aromatic rings. The van der Waals surface area contributed by atoms with Gasteiger partial charge in [-0.05, 0) is 42.3 Å². The molecule has 2 atom stereocenters. The van der Waals surface area contributed by atoms with E-state index in [0.29, 0.717) is 23.1 Å². The van der Waals surface area contributed by atoms with E-state index in [-0.39, 0.29) is 17.0 Å². The van der Waals surface area contributed by atoms with Crippen LogP contribution in [0.3, 0.4) is 0 Å². The van der Waals surface area contributed by atoms with Crippen molar-refractivity contribution in [1.29, 1.82) is 5.26 Å². The maximum Gasteiger partial charge on any atom is 0.360 e. The molecule has 1 unspecified atom stereocenters. The first kappa shape index (κ1) is 18.3. The molecule has 1 saturated heterocycles. The maximum atomic E-state index is 12.9. The molecule has 8 nitrogen and oxygen atoms in total. The lowest BCUT2D eigenvalue weighted by Crippen LogP contribution is -2.55. The van der Waals surface area contributed by atoms with Crippen LogP contribution in [-0.2, 0) is 19.1 Å². The van der Waals surface area contributed by atoms with Crippen molar-refractivity contribution in [3.8, 4) is 6.07 Å². The molecule has 0 bridgehead atoms. The molecule has 0 aromatic heterocycles. The van der Waals surface area contributed by atoms with Crippen molar-refractivity contribution in [3.05, 3.63) is 77.1 Å². The smallest absolute Gasteiger partial charge is 0.360 e. The Kier molecular flexibility index (Phi) is 4.22. The third-order valence-corrected chi connectivity index (χ3v) is 6.13. The zero-order valence-electron chi connectivity index (χ0n) is 15.3. The van der Waals surface area contributed by atoms with Crippen molar-refractivity contribution >= 4 is 35.5 Å². The Morgan fingerprint density at radius 1 is 1.17 bits per heavy atom. The molecule has 2 aromatic carbocycles. The number of ether oxygens (including phenoxy) is 2. The van der Waals surface area contributed by atoms with Gasteiger partial charge in [0.1, 0.15) is 11.1 Å². The van der Waals surface area contributed by atoms with Gasteiger partial charge in [0.15, 0.2) is 0 Å². The lowest BCUT2D eigenvalue weighted by Gasteiger charge is -2.45.